The van der Waals surface area contributed by atoms with Gasteiger partial charge < -0.3 is 0 Å². The number of nitrogens with zero attached hydrogens (tertiary/aromatic N) is 1. The summed E-state index contributed by atoms with van der Waals surface area (Å²) in [6, 6.07) is 12.3. The smallest absolute Gasteiger partial charge is 0.233 e. The van der Waals surface area contributed by atoms with Crippen molar-refractivity contribution in [3.8, 4) is 0 Å². The molecular formula is C18H16FNO4S2. The third-order valence-electron chi connectivity index (χ3n) is 4.00. The van der Waals surface area contributed by atoms with E-state index in [2.05, 4.69) is 0 Å². The second-order valence-corrected chi connectivity index (χ2v) is 8.90. The second kappa shape index (κ2) is 7.53. The second-order valence-electron chi connectivity index (χ2n) is 5.88. The molecule has 0 aliphatic rings. The van der Waals surface area contributed by atoms with Gasteiger partial charge in [-0.1, -0.05) is 36.4 Å². The van der Waals surface area contributed by atoms with Crippen LogP contribution >= 0.6 is 11.3 Å². The summed E-state index contributed by atoms with van der Waals surface area (Å²) in [6.45, 7) is 0. The first kappa shape index (κ1) is 18.5. The number of halogens is 1. The Balaban J connectivity index is 1.85. The van der Waals surface area contributed by atoms with Gasteiger partial charge in [-0.15, -0.1) is 11.3 Å². The van der Waals surface area contributed by atoms with Crippen LogP contribution in [0.5, 0.6) is 0 Å². The summed E-state index contributed by atoms with van der Waals surface area (Å²) in [5.41, 5.74) is 0.960. The molecule has 0 fully saturated rings. The van der Waals surface area contributed by atoms with Gasteiger partial charge in [0.1, 0.15) is 5.82 Å². The van der Waals surface area contributed by atoms with Gasteiger partial charge in [0, 0.05) is 15.5 Å². The molecule has 136 valence electrons. The fourth-order valence-corrected chi connectivity index (χ4v) is 5.18. The number of thiophene rings is 1. The van der Waals surface area contributed by atoms with Gasteiger partial charge >= 0.3 is 0 Å². The third-order valence-corrected chi connectivity index (χ3v) is 6.53. The maximum Gasteiger partial charge on any atom is 0.233 e. The summed E-state index contributed by atoms with van der Waals surface area (Å²) in [5, 5.41) is 11.9. The highest BCUT2D eigenvalue weighted by Crippen LogP contribution is 2.27. The minimum absolute atomic E-state index is 0.181. The summed E-state index contributed by atoms with van der Waals surface area (Å²) >= 11 is 1.25. The van der Waals surface area contributed by atoms with Gasteiger partial charge in [0.15, 0.2) is 9.84 Å². The lowest BCUT2D eigenvalue weighted by atomic mass is 10.1. The lowest BCUT2D eigenvalue weighted by Gasteiger charge is -2.22. The number of amides is 1. The Hall–Kier alpha value is -2.29. The van der Waals surface area contributed by atoms with Gasteiger partial charge in [0.05, 0.1) is 17.5 Å². The highest BCUT2D eigenvalue weighted by atomic mass is 32.2. The fraction of sp³-hybridized carbons (Fsp3) is 0.167. The fourth-order valence-electron chi connectivity index (χ4n) is 2.76. The minimum Gasteiger partial charge on any atom is -0.285 e. The van der Waals surface area contributed by atoms with Gasteiger partial charge in [-0.3, -0.25) is 10.0 Å². The molecule has 1 aromatic heterocycles. The molecule has 0 radical (unpaired) electrons. The summed E-state index contributed by atoms with van der Waals surface area (Å²) < 4.78 is 39.7. The largest absolute Gasteiger partial charge is 0.285 e. The summed E-state index contributed by atoms with van der Waals surface area (Å²) in [4.78, 5) is 11.0. The van der Waals surface area contributed by atoms with Gasteiger partial charge in [-0.2, -0.15) is 0 Å². The van der Waals surface area contributed by atoms with Crippen LogP contribution in [0.3, 0.4) is 0 Å². The molecule has 0 saturated heterocycles. The Morgan fingerprint density at radius 3 is 2.62 bits per heavy atom. The molecule has 1 atom stereocenters. The Morgan fingerprint density at radius 1 is 1.19 bits per heavy atom. The van der Waals surface area contributed by atoms with Crippen LogP contribution in [0, 0.1) is 5.82 Å². The monoisotopic (exact) mass is 393 g/mol. The van der Waals surface area contributed by atoms with Crippen molar-refractivity contribution in [2.75, 3.05) is 5.75 Å². The van der Waals surface area contributed by atoms with E-state index in [1.807, 2.05) is 0 Å². The van der Waals surface area contributed by atoms with E-state index >= 15 is 0 Å². The third kappa shape index (κ3) is 4.09. The van der Waals surface area contributed by atoms with E-state index in [0.29, 0.717) is 21.6 Å². The van der Waals surface area contributed by atoms with E-state index in [1.165, 1.54) is 22.8 Å². The van der Waals surface area contributed by atoms with Crippen molar-refractivity contribution in [3.63, 3.8) is 0 Å². The predicted molar refractivity (Wildman–Crippen MR) is 98.1 cm³/mol. The average Bonchev–Trinajstić information content (AvgIpc) is 3.00. The number of sulfone groups is 1. The van der Waals surface area contributed by atoms with Crippen LogP contribution in [0.15, 0.2) is 53.9 Å². The van der Waals surface area contributed by atoms with Crippen LogP contribution in [0.1, 0.15) is 17.2 Å². The van der Waals surface area contributed by atoms with Crippen LogP contribution < -0.4 is 0 Å². The highest BCUT2D eigenvalue weighted by molar-refractivity contribution is 7.90. The van der Waals surface area contributed by atoms with Crippen molar-refractivity contribution in [1.29, 1.82) is 0 Å². The van der Waals surface area contributed by atoms with Crippen molar-refractivity contribution in [2.45, 2.75) is 11.8 Å². The molecule has 8 heteroatoms. The highest BCUT2D eigenvalue weighted by Gasteiger charge is 2.25. The standard InChI is InChI=1S/C18H16FNO4S2/c19-16-9-25-18-7-6-13(8-15(16)18)10-26(23,24)11-17(20(22)12-21)14-4-2-1-3-5-14/h1-9,12,17,22H,10-11H2. The molecule has 0 aliphatic heterocycles. The number of hydrogen-bond acceptors (Lipinski definition) is 5. The number of rotatable bonds is 7. The van der Waals surface area contributed by atoms with Gasteiger partial charge in [-0.05, 0) is 23.3 Å². The van der Waals surface area contributed by atoms with Crippen molar-refractivity contribution in [2.24, 2.45) is 0 Å². The molecule has 0 spiro atoms. The van der Waals surface area contributed by atoms with Crippen LogP contribution in [-0.2, 0) is 20.4 Å². The number of hydroxylamine groups is 2. The topological polar surface area (TPSA) is 74.7 Å². The molecule has 3 rings (SSSR count). The van der Waals surface area contributed by atoms with E-state index in [4.69, 9.17) is 0 Å². The molecule has 1 amide bonds. The van der Waals surface area contributed by atoms with Gasteiger partial charge in [0.2, 0.25) is 6.41 Å². The molecule has 1 N–H and O–H groups in total. The SMILES string of the molecule is O=CN(O)C(CS(=O)(=O)Cc1ccc2scc(F)c2c1)c1ccccc1. The molecule has 5 nitrogen and oxygen atoms in total. The maximum atomic E-state index is 13.7. The molecule has 0 aliphatic carbocycles. The zero-order chi connectivity index (χ0) is 18.7. The number of fused-ring (bicyclic) bond motifs is 1. The van der Waals surface area contributed by atoms with E-state index in [1.54, 1.807) is 42.5 Å². The van der Waals surface area contributed by atoms with Gasteiger partial charge in [-0.25, -0.2) is 17.9 Å². The van der Waals surface area contributed by atoms with Crippen LogP contribution in [-0.4, -0.2) is 30.9 Å². The zero-order valence-corrected chi connectivity index (χ0v) is 15.2. The quantitative estimate of drug-likeness (QED) is 0.378. The van der Waals surface area contributed by atoms with E-state index in [-0.39, 0.29) is 18.0 Å². The summed E-state index contributed by atoms with van der Waals surface area (Å²) in [6.07, 6.45) is 0.181. The molecule has 26 heavy (non-hydrogen) atoms. The number of carbonyl (C=O) groups is 1. The van der Waals surface area contributed by atoms with Crippen molar-refractivity contribution in [3.05, 3.63) is 70.9 Å². The molecule has 0 bridgehead atoms. The van der Waals surface area contributed by atoms with Crippen LogP contribution in [0.4, 0.5) is 4.39 Å². The molecule has 1 heterocycles. The average molecular weight is 393 g/mol. The van der Waals surface area contributed by atoms with E-state index in [9.17, 15) is 22.8 Å². The number of hydrogen-bond donors (Lipinski definition) is 1. The van der Waals surface area contributed by atoms with Crippen LogP contribution in [0.2, 0.25) is 0 Å². The van der Waals surface area contributed by atoms with Crippen molar-refractivity contribution >= 4 is 37.7 Å². The number of benzene rings is 2. The van der Waals surface area contributed by atoms with Crippen molar-refractivity contribution < 1.29 is 22.8 Å². The summed E-state index contributed by atoms with van der Waals surface area (Å²) in [7, 11) is -3.68. The molecule has 2 aromatic carbocycles. The van der Waals surface area contributed by atoms with E-state index in [0.717, 1.165) is 4.70 Å². The maximum absolute atomic E-state index is 13.7. The Bertz CT molecular complexity index is 1020. The van der Waals surface area contributed by atoms with E-state index < -0.39 is 21.6 Å². The normalized spacial score (nSPS) is 12.8. The lowest BCUT2D eigenvalue weighted by molar-refractivity contribution is -0.158. The van der Waals surface area contributed by atoms with Crippen LogP contribution in [0.25, 0.3) is 10.1 Å². The molecule has 1 unspecified atom stereocenters. The zero-order valence-electron chi connectivity index (χ0n) is 13.6. The molecule has 0 saturated carbocycles. The first-order chi connectivity index (χ1) is 12.4. The van der Waals surface area contributed by atoms with Gasteiger partial charge in [0.25, 0.3) is 0 Å². The Kier molecular flexibility index (Phi) is 5.36. The van der Waals surface area contributed by atoms with Crippen molar-refractivity contribution in [1.82, 2.24) is 5.06 Å². The Morgan fingerprint density at radius 2 is 1.92 bits per heavy atom. The predicted octanol–water partition coefficient (Wildman–Crippen LogP) is 3.54. The first-order valence-corrected chi connectivity index (χ1v) is 10.4. The summed E-state index contributed by atoms with van der Waals surface area (Å²) in [5.74, 6) is -1.14. The first-order valence-electron chi connectivity index (χ1n) is 7.73. The lowest BCUT2D eigenvalue weighted by Crippen LogP contribution is -2.30. The number of carbonyl (C=O) groups excluding carboxylic acids is 1. The Labute approximate surface area is 154 Å². The molecular weight excluding hydrogens is 377 g/mol. The minimum atomic E-state index is -3.68. The molecule has 3 aromatic rings.